The van der Waals surface area contributed by atoms with E-state index in [1.165, 1.54) is 0 Å². The Balaban J connectivity index is 2.55. The van der Waals surface area contributed by atoms with Crippen molar-refractivity contribution in [2.24, 2.45) is 7.05 Å². The molecule has 0 radical (unpaired) electrons. The number of hydrogen-bond acceptors (Lipinski definition) is 2. The molecule has 2 rings (SSSR count). The molecule has 1 amide bonds. The van der Waals surface area contributed by atoms with Crippen molar-refractivity contribution in [1.29, 1.82) is 0 Å². The predicted octanol–water partition coefficient (Wildman–Crippen LogP) is 1.28. The molecule has 0 aliphatic rings. The summed E-state index contributed by atoms with van der Waals surface area (Å²) in [5, 5.41) is 5.18. The fourth-order valence-electron chi connectivity index (χ4n) is 1.54. The molecule has 78 valence electrons. The molecular formula is C11H13N3O. The molecule has 0 aliphatic heterocycles. The molecular weight excluding hydrogens is 190 g/mol. The van der Waals surface area contributed by atoms with Crippen LogP contribution in [0.4, 0.5) is 0 Å². The van der Waals surface area contributed by atoms with Crippen molar-refractivity contribution in [2.75, 3.05) is 14.1 Å². The molecule has 4 heteroatoms. The SMILES string of the molecule is CN(C)C(=O)c1ccc2cnn(C)c2c1. The van der Waals surface area contributed by atoms with Gasteiger partial charge in [-0.1, -0.05) is 6.07 Å². The van der Waals surface area contributed by atoms with Gasteiger partial charge in [0.1, 0.15) is 0 Å². The molecule has 0 spiro atoms. The second-order valence-electron chi connectivity index (χ2n) is 3.74. The molecule has 0 unspecified atom stereocenters. The molecule has 0 atom stereocenters. The highest BCUT2D eigenvalue weighted by molar-refractivity contribution is 5.97. The maximum Gasteiger partial charge on any atom is 0.253 e. The lowest BCUT2D eigenvalue weighted by atomic mass is 10.1. The Kier molecular flexibility index (Phi) is 2.19. The zero-order valence-corrected chi connectivity index (χ0v) is 9.06. The maximum absolute atomic E-state index is 11.7. The average molecular weight is 203 g/mol. The monoisotopic (exact) mass is 203 g/mol. The van der Waals surface area contributed by atoms with Gasteiger partial charge in [0.05, 0.1) is 11.7 Å². The van der Waals surface area contributed by atoms with Crippen LogP contribution in [0.5, 0.6) is 0 Å². The van der Waals surface area contributed by atoms with Crippen LogP contribution in [0.25, 0.3) is 10.9 Å². The van der Waals surface area contributed by atoms with Gasteiger partial charge in [-0.25, -0.2) is 0 Å². The molecule has 2 aromatic rings. The van der Waals surface area contributed by atoms with Gasteiger partial charge >= 0.3 is 0 Å². The van der Waals surface area contributed by atoms with Gasteiger partial charge in [0.15, 0.2) is 0 Å². The second-order valence-corrected chi connectivity index (χ2v) is 3.74. The highest BCUT2D eigenvalue weighted by Crippen LogP contribution is 2.15. The highest BCUT2D eigenvalue weighted by Gasteiger charge is 2.09. The van der Waals surface area contributed by atoms with Crippen molar-refractivity contribution in [2.45, 2.75) is 0 Å². The number of aromatic nitrogens is 2. The van der Waals surface area contributed by atoms with E-state index in [9.17, 15) is 4.79 Å². The molecule has 1 aromatic carbocycles. The molecule has 0 fully saturated rings. The molecule has 4 nitrogen and oxygen atoms in total. The summed E-state index contributed by atoms with van der Waals surface area (Å²) in [5.74, 6) is 0.0121. The summed E-state index contributed by atoms with van der Waals surface area (Å²) in [6, 6.07) is 5.61. The van der Waals surface area contributed by atoms with E-state index < -0.39 is 0 Å². The van der Waals surface area contributed by atoms with Crippen LogP contribution in [0, 0.1) is 0 Å². The van der Waals surface area contributed by atoms with Crippen LogP contribution in [0.1, 0.15) is 10.4 Å². The number of nitrogens with zero attached hydrogens (tertiary/aromatic N) is 3. The normalized spacial score (nSPS) is 10.6. The third-order valence-electron chi connectivity index (χ3n) is 2.40. The topological polar surface area (TPSA) is 38.1 Å². The van der Waals surface area contributed by atoms with Crippen molar-refractivity contribution < 1.29 is 4.79 Å². The van der Waals surface area contributed by atoms with Crippen LogP contribution in [-0.4, -0.2) is 34.7 Å². The van der Waals surface area contributed by atoms with Crippen LogP contribution in [-0.2, 0) is 7.05 Å². The first-order chi connectivity index (χ1) is 7.09. The Hall–Kier alpha value is -1.84. The third-order valence-corrected chi connectivity index (χ3v) is 2.40. The van der Waals surface area contributed by atoms with E-state index in [-0.39, 0.29) is 5.91 Å². The van der Waals surface area contributed by atoms with E-state index in [2.05, 4.69) is 5.10 Å². The number of aryl methyl sites for hydroxylation is 1. The Morgan fingerprint density at radius 1 is 1.40 bits per heavy atom. The minimum Gasteiger partial charge on any atom is -0.345 e. The summed E-state index contributed by atoms with van der Waals surface area (Å²) in [6.45, 7) is 0. The lowest BCUT2D eigenvalue weighted by molar-refractivity contribution is 0.0828. The number of carbonyl (C=O) groups is 1. The third kappa shape index (κ3) is 1.58. The maximum atomic E-state index is 11.7. The van der Waals surface area contributed by atoms with Crippen LogP contribution >= 0.6 is 0 Å². The van der Waals surface area contributed by atoms with Gasteiger partial charge in [-0.3, -0.25) is 9.48 Å². The van der Waals surface area contributed by atoms with E-state index in [0.717, 1.165) is 10.9 Å². The van der Waals surface area contributed by atoms with E-state index in [4.69, 9.17) is 0 Å². The largest absolute Gasteiger partial charge is 0.345 e. The minimum absolute atomic E-state index is 0.0121. The first-order valence-corrected chi connectivity index (χ1v) is 4.73. The number of carbonyl (C=O) groups excluding carboxylic acids is 1. The summed E-state index contributed by atoms with van der Waals surface area (Å²) in [6.07, 6.45) is 1.79. The van der Waals surface area contributed by atoms with Crippen molar-refractivity contribution in [3.8, 4) is 0 Å². The van der Waals surface area contributed by atoms with E-state index >= 15 is 0 Å². The fourth-order valence-corrected chi connectivity index (χ4v) is 1.54. The van der Waals surface area contributed by atoms with Crippen LogP contribution < -0.4 is 0 Å². The molecule has 0 N–H and O–H groups in total. The first-order valence-electron chi connectivity index (χ1n) is 4.73. The molecule has 0 saturated heterocycles. The van der Waals surface area contributed by atoms with Crippen LogP contribution in [0.2, 0.25) is 0 Å². The Bertz CT molecular complexity index is 514. The van der Waals surface area contributed by atoms with Crippen molar-refractivity contribution >= 4 is 16.8 Å². The van der Waals surface area contributed by atoms with Crippen molar-refractivity contribution in [3.63, 3.8) is 0 Å². The summed E-state index contributed by atoms with van der Waals surface area (Å²) in [4.78, 5) is 13.3. The van der Waals surface area contributed by atoms with E-state index in [0.29, 0.717) is 5.56 Å². The number of fused-ring (bicyclic) bond motifs is 1. The van der Waals surface area contributed by atoms with E-state index in [1.807, 2.05) is 25.2 Å². The lowest BCUT2D eigenvalue weighted by Gasteiger charge is -2.10. The van der Waals surface area contributed by atoms with Gasteiger partial charge in [0, 0.05) is 32.1 Å². The van der Waals surface area contributed by atoms with Crippen LogP contribution in [0.3, 0.4) is 0 Å². The quantitative estimate of drug-likeness (QED) is 0.700. The Morgan fingerprint density at radius 2 is 2.13 bits per heavy atom. The zero-order chi connectivity index (χ0) is 11.0. The highest BCUT2D eigenvalue weighted by atomic mass is 16.2. The Labute approximate surface area is 88.1 Å². The predicted molar refractivity (Wildman–Crippen MR) is 58.7 cm³/mol. The summed E-state index contributed by atoms with van der Waals surface area (Å²) in [5.41, 5.74) is 1.67. The lowest BCUT2D eigenvalue weighted by Crippen LogP contribution is -2.21. The second kappa shape index (κ2) is 3.38. The molecule has 0 bridgehead atoms. The molecule has 15 heavy (non-hydrogen) atoms. The Morgan fingerprint density at radius 3 is 2.80 bits per heavy atom. The summed E-state index contributed by atoms with van der Waals surface area (Å²) < 4.78 is 1.77. The van der Waals surface area contributed by atoms with Crippen LogP contribution in [0.15, 0.2) is 24.4 Å². The van der Waals surface area contributed by atoms with Gasteiger partial charge < -0.3 is 4.90 Å². The summed E-state index contributed by atoms with van der Waals surface area (Å²) >= 11 is 0. The number of amides is 1. The zero-order valence-electron chi connectivity index (χ0n) is 9.06. The van der Waals surface area contributed by atoms with Gasteiger partial charge in [-0.2, -0.15) is 5.10 Å². The van der Waals surface area contributed by atoms with Gasteiger partial charge in [0.2, 0.25) is 0 Å². The smallest absolute Gasteiger partial charge is 0.253 e. The minimum atomic E-state index is 0.0121. The number of hydrogen-bond donors (Lipinski definition) is 0. The molecule has 0 saturated carbocycles. The van der Waals surface area contributed by atoms with E-state index in [1.54, 1.807) is 29.9 Å². The molecule has 1 heterocycles. The van der Waals surface area contributed by atoms with Gasteiger partial charge in [0.25, 0.3) is 5.91 Å². The summed E-state index contributed by atoms with van der Waals surface area (Å²) in [7, 11) is 5.36. The molecule has 1 aromatic heterocycles. The van der Waals surface area contributed by atoms with Gasteiger partial charge in [-0.15, -0.1) is 0 Å². The fraction of sp³-hybridized carbons (Fsp3) is 0.273. The standard InChI is InChI=1S/C11H13N3O/c1-13(2)11(15)8-4-5-9-7-12-14(3)10(9)6-8/h4-7H,1-3H3. The van der Waals surface area contributed by atoms with Crippen molar-refractivity contribution in [1.82, 2.24) is 14.7 Å². The van der Waals surface area contributed by atoms with Gasteiger partial charge in [-0.05, 0) is 12.1 Å². The average Bonchev–Trinajstić information content (AvgIpc) is 2.59. The molecule has 0 aliphatic carbocycles. The van der Waals surface area contributed by atoms with Crippen molar-refractivity contribution in [3.05, 3.63) is 30.0 Å². The first kappa shape index (κ1) is 9.71. The number of benzene rings is 1. The number of rotatable bonds is 1.